The Bertz CT molecular complexity index is 536. The largest absolute Gasteiger partial charge is 0.491 e. The number of β-amino-alcohol motifs (C(OH)–C–C–N with tert-alkyl or cyclic N) is 1. The van der Waals surface area contributed by atoms with Gasteiger partial charge in [0.15, 0.2) is 0 Å². The van der Waals surface area contributed by atoms with E-state index in [1.54, 1.807) is 0 Å². The lowest BCUT2D eigenvalue weighted by molar-refractivity contribution is 0.0592. The predicted octanol–water partition coefficient (Wildman–Crippen LogP) is 2.03. The lowest BCUT2D eigenvalue weighted by Gasteiger charge is -2.32. The quantitative estimate of drug-likeness (QED) is 0.857. The second kappa shape index (κ2) is 7.42. The number of aromatic amines is 1. The van der Waals surface area contributed by atoms with Crippen molar-refractivity contribution in [2.45, 2.75) is 24.9 Å². The normalized spacial score (nSPS) is 18.2. The van der Waals surface area contributed by atoms with Crippen molar-refractivity contribution < 1.29 is 9.84 Å². The fourth-order valence-electron chi connectivity index (χ4n) is 2.98. The van der Waals surface area contributed by atoms with E-state index < -0.39 is 6.10 Å². The van der Waals surface area contributed by atoms with Crippen molar-refractivity contribution in [1.29, 1.82) is 0 Å². The zero-order valence-corrected chi connectivity index (χ0v) is 12.7. The third-order valence-electron chi connectivity index (χ3n) is 4.20. The number of piperidine rings is 1. The van der Waals surface area contributed by atoms with Crippen LogP contribution in [-0.2, 0) is 0 Å². The molecule has 0 radical (unpaired) electrons. The average molecular weight is 301 g/mol. The van der Waals surface area contributed by atoms with Gasteiger partial charge in [0, 0.05) is 24.4 Å². The Kier molecular flexibility index (Phi) is 5.08. The first-order valence-electron chi connectivity index (χ1n) is 7.89. The van der Waals surface area contributed by atoms with Crippen molar-refractivity contribution in [2.24, 2.45) is 0 Å². The van der Waals surface area contributed by atoms with Gasteiger partial charge in [-0.15, -0.1) is 0 Å². The smallest absolute Gasteiger partial charge is 0.119 e. The second-order valence-corrected chi connectivity index (χ2v) is 5.86. The Hall–Kier alpha value is -1.85. The molecule has 0 amide bonds. The van der Waals surface area contributed by atoms with Gasteiger partial charge in [-0.05, 0) is 44.1 Å². The van der Waals surface area contributed by atoms with Crippen LogP contribution < -0.4 is 4.74 Å². The van der Waals surface area contributed by atoms with E-state index in [2.05, 4.69) is 21.2 Å². The number of likely N-dealkylation sites (tertiary alicyclic amines) is 1. The fraction of sp³-hybridized carbons (Fsp3) is 0.471. The van der Waals surface area contributed by atoms with Crippen molar-refractivity contribution in [1.82, 2.24) is 15.1 Å². The third kappa shape index (κ3) is 4.08. The number of aliphatic hydroxyl groups excluding tert-OH is 1. The molecule has 2 heterocycles. The summed E-state index contributed by atoms with van der Waals surface area (Å²) in [7, 11) is 0. The minimum absolute atomic E-state index is 0.338. The molecule has 0 bridgehead atoms. The molecular weight excluding hydrogens is 278 g/mol. The summed E-state index contributed by atoms with van der Waals surface area (Å²) < 4.78 is 5.60. The molecule has 1 unspecified atom stereocenters. The zero-order valence-electron chi connectivity index (χ0n) is 12.7. The highest BCUT2D eigenvalue weighted by molar-refractivity contribution is 5.20. The molecule has 1 aromatic carbocycles. The molecule has 0 saturated carbocycles. The molecule has 22 heavy (non-hydrogen) atoms. The summed E-state index contributed by atoms with van der Waals surface area (Å²) in [6.07, 6.45) is 3.57. The molecule has 1 aliphatic heterocycles. The number of ether oxygens (including phenoxy) is 1. The van der Waals surface area contributed by atoms with Crippen molar-refractivity contribution in [3.05, 3.63) is 48.3 Å². The number of hydrogen-bond acceptors (Lipinski definition) is 4. The monoisotopic (exact) mass is 301 g/mol. The van der Waals surface area contributed by atoms with Crippen molar-refractivity contribution >= 4 is 0 Å². The van der Waals surface area contributed by atoms with Crippen LogP contribution in [0.2, 0.25) is 0 Å². The molecule has 0 spiro atoms. The molecule has 3 rings (SSSR count). The van der Waals surface area contributed by atoms with Gasteiger partial charge < -0.3 is 14.7 Å². The summed E-state index contributed by atoms with van der Waals surface area (Å²) in [5.74, 6) is 1.37. The van der Waals surface area contributed by atoms with Crippen LogP contribution in [0.5, 0.6) is 5.75 Å². The predicted molar refractivity (Wildman–Crippen MR) is 84.9 cm³/mol. The molecule has 1 atom stereocenters. The van der Waals surface area contributed by atoms with Gasteiger partial charge in [-0.3, -0.25) is 5.10 Å². The number of aromatic nitrogens is 2. The summed E-state index contributed by atoms with van der Waals surface area (Å²) in [5, 5.41) is 17.2. The van der Waals surface area contributed by atoms with Crippen LogP contribution >= 0.6 is 0 Å². The molecule has 2 aromatic rings. The molecule has 0 aliphatic carbocycles. The lowest BCUT2D eigenvalue weighted by Crippen LogP contribution is -2.40. The highest BCUT2D eigenvalue weighted by atomic mass is 16.5. The molecule has 1 aromatic heterocycles. The Morgan fingerprint density at radius 1 is 1.23 bits per heavy atom. The number of nitrogens with zero attached hydrogens (tertiary/aromatic N) is 2. The summed E-state index contributed by atoms with van der Waals surface area (Å²) in [5.41, 5.74) is 1.23. The molecule has 2 N–H and O–H groups in total. The third-order valence-corrected chi connectivity index (χ3v) is 4.20. The minimum atomic E-state index is -0.455. The molecule has 118 valence electrons. The van der Waals surface area contributed by atoms with E-state index in [1.807, 2.05) is 36.5 Å². The van der Waals surface area contributed by atoms with E-state index in [9.17, 15) is 5.11 Å². The van der Waals surface area contributed by atoms with Gasteiger partial charge in [0.2, 0.25) is 0 Å². The van der Waals surface area contributed by atoms with Crippen molar-refractivity contribution in [3.8, 4) is 5.75 Å². The van der Waals surface area contributed by atoms with Crippen LogP contribution in [0.25, 0.3) is 0 Å². The Morgan fingerprint density at radius 2 is 2.00 bits per heavy atom. The summed E-state index contributed by atoms with van der Waals surface area (Å²) >= 11 is 0. The Labute approximate surface area is 130 Å². The van der Waals surface area contributed by atoms with Crippen LogP contribution in [0.15, 0.2) is 42.6 Å². The first-order chi connectivity index (χ1) is 10.8. The van der Waals surface area contributed by atoms with Gasteiger partial charge >= 0.3 is 0 Å². The minimum Gasteiger partial charge on any atom is -0.491 e. The summed E-state index contributed by atoms with van der Waals surface area (Å²) in [6, 6.07) is 11.7. The first-order valence-corrected chi connectivity index (χ1v) is 7.89. The maximum absolute atomic E-state index is 10.1. The van der Waals surface area contributed by atoms with Crippen LogP contribution in [0.1, 0.15) is 24.5 Å². The van der Waals surface area contributed by atoms with Gasteiger partial charge in [-0.2, -0.15) is 5.10 Å². The molecular formula is C17H23N3O2. The van der Waals surface area contributed by atoms with Crippen molar-refractivity contribution in [2.75, 3.05) is 26.2 Å². The van der Waals surface area contributed by atoms with Gasteiger partial charge in [-0.25, -0.2) is 0 Å². The number of hydrogen-bond donors (Lipinski definition) is 2. The van der Waals surface area contributed by atoms with E-state index >= 15 is 0 Å². The van der Waals surface area contributed by atoms with E-state index in [1.165, 1.54) is 5.69 Å². The first kappa shape index (κ1) is 15.1. The zero-order chi connectivity index (χ0) is 15.2. The summed E-state index contributed by atoms with van der Waals surface area (Å²) in [4.78, 5) is 2.31. The van der Waals surface area contributed by atoms with Crippen LogP contribution in [0.3, 0.4) is 0 Å². The SMILES string of the molecule is OC(COc1ccccc1)CN1CCC(c2ccn[nH]2)CC1. The van der Waals surface area contributed by atoms with Gasteiger partial charge in [0.05, 0.1) is 0 Å². The van der Waals surface area contributed by atoms with E-state index in [0.717, 1.165) is 31.7 Å². The van der Waals surface area contributed by atoms with Crippen LogP contribution in [-0.4, -0.2) is 52.5 Å². The van der Waals surface area contributed by atoms with E-state index in [0.29, 0.717) is 19.1 Å². The number of para-hydroxylation sites is 1. The maximum atomic E-state index is 10.1. The number of nitrogens with one attached hydrogen (secondary N) is 1. The van der Waals surface area contributed by atoms with E-state index in [4.69, 9.17) is 4.74 Å². The fourth-order valence-corrected chi connectivity index (χ4v) is 2.98. The number of H-pyrrole nitrogens is 1. The average Bonchev–Trinajstić information content (AvgIpc) is 3.09. The standard InChI is InChI=1S/C17H23N3O2/c21-15(13-22-16-4-2-1-3-5-16)12-20-10-7-14(8-11-20)17-6-9-18-19-17/h1-6,9,14-15,21H,7-8,10-13H2,(H,18,19). The van der Waals surface area contributed by atoms with Crippen LogP contribution in [0.4, 0.5) is 0 Å². The molecule has 5 heteroatoms. The molecule has 5 nitrogen and oxygen atoms in total. The number of rotatable bonds is 6. The van der Waals surface area contributed by atoms with Crippen molar-refractivity contribution in [3.63, 3.8) is 0 Å². The number of benzene rings is 1. The highest BCUT2D eigenvalue weighted by Gasteiger charge is 2.23. The Morgan fingerprint density at radius 3 is 2.68 bits per heavy atom. The number of aliphatic hydroxyl groups is 1. The van der Waals surface area contributed by atoms with E-state index in [-0.39, 0.29) is 0 Å². The van der Waals surface area contributed by atoms with Crippen LogP contribution in [0, 0.1) is 0 Å². The molecule has 1 saturated heterocycles. The van der Waals surface area contributed by atoms with Gasteiger partial charge in [0.1, 0.15) is 18.5 Å². The summed E-state index contributed by atoms with van der Waals surface area (Å²) in [6.45, 7) is 3.02. The maximum Gasteiger partial charge on any atom is 0.119 e. The second-order valence-electron chi connectivity index (χ2n) is 5.86. The molecule has 1 aliphatic rings. The highest BCUT2D eigenvalue weighted by Crippen LogP contribution is 2.26. The van der Waals surface area contributed by atoms with Gasteiger partial charge in [-0.1, -0.05) is 18.2 Å². The topological polar surface area (TPSA) is 61.4 Å². The lowest BCUT2D eigenvalue weighted by atomic mass is 9.93. The molecule has 1 fully saturated rings. The van der Waals surface area contributed by atoms with Gasteiger partial charge in [0.25, 0.3) is 0 Å². The Balaban J connectivity index is 1.39.